The van der Waals surface area contributed by atoms with E-state index in [1.54, 1.807) is 12.1 Å². The quantitative estimate of drug-likeness (QED) is 0.645. The first kappa shape index (κ1) is 14.6. The van der Waals surface area contributed by atoms with Crippen LogP contribution < -0.4 is 10.5 Å². The highest BCUT2D eigenvalue weighted by atomic mass is 32.2. The van der Waals surface area contributed by atoms with Crippen LogP contribution in [0.15, 0.2) is 35.5 Å². The Hall–Kier alpha value is -1.84. The van der Waals surface area contributed by atoms with E-state index < -0.39 is 10.0 Å². The van der Waals surface area contributed by atoms with Crippen LogP contribution in [0, 0.1) is 0 Å². The average molecular weight is 311 g/mol. The summed E-state index contributed by atoms with van der Waals surface area (Å²) >= 11 is 4.83. The van der Waals surface area contributed by atoms with Gasteiger partial charge in [-0.3, -0.25) is 5.10 Å². The number of hydrogen-bond acceptors (Lipinski definition) is 5. The number of nitrogens with one attached hydrogen (secondary N) is 2. The van der Waals surface area contributed by atoms with Crippen LogP contribution in [0.4, 0.5) is 0 Å². The molecule has 0 atom stereocenters. The fourth-order valence-corrected chi connectivity index (χ4v) is 2.76. The maximum Gasteiger partial charge on any atom is 0.240 e. The first-order chi connectivity index (χ1) is 9.49. The van der Waals surface area contributed by atoms with Gasteiger partial charge in [0.2, 0.25) is 10.0 Å². The summed E-state index contributed by atoms with van der Waals surface area (Å²) < 4.78 is 26.7. The summed E-state index contributed by atoms with van der Waals surface area (Å²) in [6.07, 6.45) is 1.80. The summed E-state index contributed by atoms with van der Waals surface area (Å²) in [5.74, 6) is 0.615. The largest absolute Gasteiger partial charge is 0.389 e. The molecule has 106 valence electrons. The van der Waals surface area contributed by atoms with E-state index in [1.165, 1.54) is 18.5 Å². The predicted octanol–water partition coefficient (Wildman–Crippen LogP) is -0.0401. The molecule has 0 saturated carbocycles. The molecule has 0 saturated heterocycles. The van der Waals surface area contributed by atoms with Crippen LogP contribution in [0.5, 0.6) is 0 Å². The van der Waals surface area contributed by atoms with Gasteiger partial charge in [-0.05, 0) is 12.1 Å². The lowest BCUT2D eigenvalue weighted by molar-refractivity contribution is 0.581. The third-order valence-corrected chi connectivity index (χ3v) is 4.24. The van der Waals surface area contributed by atoms with Gasteiger partial charge in [-0.25, -0.2) is 18.1 Å². The molecule has 1 aromatic heterocycles. The lowest BCUT2D eigenvalue weighted by atomic mass is 10.2. The van der Waals surface area contributed by atoms with Crippen LogP contribution in [0.3, 0.4) is 0 Å². The SMILES string of the molecule is NC(=S)c1cccc(S(=O)(=O)NCCc2ncn[nH]2)c1. The third kappa shape index (κ3) is 3.59. The molecule has 1 heterocycles. The maximum atomic E-state index is 12.1. The van der Waals surface area contributed by atoms with Crippen molar-refractivity contribution < 1.29 is 8.42 Å². The molecule has 0 radical (unpaired) electrons. The van der Waals surface area contributed by atoms with Crippen molar-refractivity contribution in [1.82, 2.24) is 19.9 Å². The topological polar surface area (TPSA) is 114 Å². The summed E-state index contributed by atoms with van der Waals surface area (Å²) in [6, 6.07) is 6.19. The van der Waals surface area contributed by atoms with Crippen LogP contribution in [0.1, 0.15) is 11.4 Å². The summed E-state index contributed by atoms with van der Waals surface area (Å²) in [7, 11) is -3.60. The Bertz CT molecular complexity index is 697. The smallest absolute Gasteiger partial charge is 0.240 e. The molecule has 0 spiro atoms. The van der Waals surface area contributed by atoms with E-state index >= 15 is 0 Å². The van der Waals surface area contributed by atoms with Crippen LogP contribution in [0.25, 0.3) is 0 Å². The van der Waals surface area contributed by atoms with Gasteiger partial charge in [0.25, 0.3) is 0 Å². The van der Waals surface area contributed by atoms with Crippen molar-refractivity contribution in [2.75, 3.05) is 6.54 Å². The number of aromatic amines is 1. The molecule has 0 aliphatic rings. The normalized spacial score (nSPS) is 11.4. The monoisotopic (exact) mass is 311 g/mol. The van der Waals surface area contributed by atoms with Crippen molar-refractivity contribution in [3.05, 3.63) is 42.0 Å². The van der Waals surface area contributed by atoms with Crippen molar-refractivity contribution in [2.45, 2.75) is 11.3 Å². The van der Waals surface area contributed by atoms with Crippen LogP contribution in [0.2, 0.25) is 0 Å². The summed E-state index contributed by atoms with van der Waals surface area (Å²) in [5, 5.41) is 6.34. The van der Waals surface area contributed by atoms with E-state index in [0.29, 0.717) is 17.8 Å². The Morgan fingerprint density at radius 1 is 1.45 bits per heavy atom. The zero-order valence-corrected chi connectivity index (χ0v) is 12.0. The summed E-state index contributed by atoms with van der Waals surface area (Å²) in [4.78, 5) is 4.19. The third-order valence-electron chi connectivity index (χ3n) is 2.55. The van der Waals surface area contributed by atoms with E-state index in [0.717, 1.165) is 0 Å². The Balaban J connectivity index is 2.06. The lowest BCUT2D eigenvalue weighted by Crippen LogP contribution is -2.26. The number of thiocarbonyl (C=S) groups is 1. The van der Waals surface area contributed by atoms with E-state index in [2.05, 4.69) is 19.9 Å². The summed E-state index contributed by atoms with van der Waals surface area (Å²) in [6.45, 7) is 0.217. The highest BCUT2D eigenvalue weighted by Crippen LogP contribution is 2.11. The van der Waals surface area contributed by atoms with Gasteiger partial charge in [0.05, 0.1) is 4.90 Å². The molecular formula is C11H13N5O2S2. The minimum absolute atomic E-state index is 0.125. The Morgan fingerprint density at radius 2 is 2.25 bits per heavy atom. The number of hydrogen-bond donors (Lipinski definition) is 3. The number of aromatic nitrogens is 3. The predicted molar refractivity (Wildman–Crippen MR) is 77.6 cm³/mol. The van der Waals surface area contributed by atoms with Crippen molar-refractivity contribution in [3.63, 3.8) is 0 Å². The second-order valence-corrected chi connectivity index (χ2v) is 6.18. The first-order valence-corrected chi connectivity index (χ1v) is 7.62. The van der Waals surface area contributed by atoms with Crippen molar-refractivity contribution in [2.24, 2.45) is 5.73 Å². The number of sulfonamides is 1. The number of H-pyrrole nitrogens is 1. The second kappa shape index (κ2) is 6.07. The fourth-order valence-electron chi connectivity index (χ4n) is 1.55. The molecule has 7 nitrogen and oxygen atoms in total. The zero-order chi connectivity index (χ0) is 14.6. The Kier molecular flexibility index (Phi) is 4.42. The van der Waals surface area contributed by atoms with E-state index in [-0.39, 0.29) is 16.4 Å². The van der Waals surface area contributed by atoms with Gasteiger partial charge in [0.15, 0.2) is 0 Å². The molecule has 0 aliphatic heterocycles. The highest BCUT2D eigenvalue weighted by molar-refractivity contribution is 7.89. The zero-order valence-electron chi connectivity index (χ0n) is 10.4. The van der Waals surface area contributed by atoms with E-state index in [9.17, 15) is 8.42 Å². The van der Waals surface area contributed by atoms with Gasteiger partial charge in [-0.2, -0.15) is 5.10 Å². The molecule has 4 N–H and O–H groups in total. The van der Waals surface area contributed by atoms with Crippen molar-refractivity contribution >= 4 is 27.2 Å². The van der Waals surface area contributed by atoms with Crippen molar-refractivity contribution in [3.8, 4) is 0 Å². The fraction of sp³-hybridized carbons (Fsp3) is 0.182. The molecule has 0 aliphatic carbocycles. The molecular weight excluding hydrogens is 298 g/mol. The minimum Gasteiger partial charge on any atom is -0.389 e. The molecule has 0 unspecified atom stereocenters. The lowest BCUT2D eigenvalue weighted by Gasteiger charge is -2.07. The standard InChI is InChI=1S/C11H13N5O2S2/c12-11(19)8-2-1-3-9(6-8)20(17,18)15-5-4-10-13-7-14-16-10/h1-3,6-7,15H,4-5H2,(H2,12,19)(H,13,14,16). The first-order valence-electron chi connectivity index (χ1n) is 5.73. The molecule has 0 amide bonds. The van der Waals surface area contributed by atoms with Gasteiger partial charge >= 0.3 is 0 Å². The second-order valence-electron chi connectivity index (χ2n) is 3.97. The highest BCUT2D eigenvalue weighted by Gasteiger charge is 2.14. The minimum atomic E-state index is -3.60. The van der Waals surface area contributed by atoms with E-state index in [1.807, 2.05) is 0 Å². The number of benzene rings is 1. The number of nitrogens with two attached hydrogens (primary N) is 1. The van der Waals surface area contributed by atoms with Crippen molar-refractivity contribution in [1.29, 1.82) is 0 Å². The van der Waals surface area contributed by atoms with E-state index in [4.69, 9.17) is 18.0 Å². The van der Waals surface area contributed by atoms with Gasteiger partial charge < -0.3 is 5.73 Å². The maximum absolute atomic E-state index is 12.1. The molecule has 20 heavy (non-hydrogen) atoms. The molecule has 1 aromatic carbocycles. The van der Waals surface area contributed by atoms with Gasteiger partial charge in [0.1, 0.15) is 17.1 Å². The number of rotatable bonds is 6. The van der Waals surface area contributed by atoms with Crippen LogP contribution in [-0.2, 0) is 16.4 Å². The Morgan fingerprint density at radius 3 is 2.90 bits per heavy atom. The average Bonchev–Trinajstić information content (AvgIpc) is 2.92. The van der Waals surface area contributed by atoms with Crippen LogP contribution >= 0.6 is 12.2 Å². The van der Waals surface area contributed by atoms with Gasteiger partial charge in [-0.15, -0.1) is 0 Å². The Labute approximate surface area is 121 Å². The molecule has 0 bridgehead atoms. The molecule has 0 fully saturated rings. The van der Waals surface area contributed by atoms with Gasteiger partial charge in [0, 0.05) is 18.5 Å². The molecule has 9 heteroatoms. The van der Waals surface area contributed by atoms with Crippen LogP contribution in [-0.4, -0.2) is 35.1 Å². The number of nitrogens with zero attached hydrogens (tertiary/aromatic N) is 2. The molecule has 2 rings (SSSR count). The molecule has 2 aromatic rings. The summed E-state index contributed by atoms with van der Waals surface area (Å²) in [5.41, 5.74) is 6.00. The van der Waals surface area contributed by atoms with Gasteiger partial charge in [-0.1, -0.05) is 24.4 Å².